The van der Waals surface area contributed by atoms with Crippen molar-refractivity contribution in [1.29, 1.82) is 0 Å². The first-order valence-corrected chi connectivity index (χ1v) is 17.2. The summed E-state index contributed by atoms with van der Waals surface area (Å²) >= 11 is 0. The number of nitrogens with zero attached hydrogens (tertiary/aromatic N) is 1. The SMILES string of the molecule is CC.CCCCCCCCCCCCCCCCCCOCC1(COCOC(CC)CCN(C)C)CCCO1.O.O. The molecule has 1 rings (SSSR count). The van der Waals surface area contributed by atoms with Crippen LogP contribution in [0.3, 0.4) is 0 Å². The summed E-state index contributed by atoms with van der Waals surface area (Å²) in [6.07, 6.45) is 26.8. The second-order valence-electron chi connectivity index (χ2n) is 11.7. The summed E-state index contributed by atoms with van der Waals surface area (Å²) in [5.41, 5.74) is -0.274. The number of ether oxygens (including phenoxy) is 4. The van der Waals surface area contributed by atoms with Crippen LogP contribution in [0, 0.1) is 0 Å². The van der Waals surface area contributed by atoms with Crippen molar-refractivity contribution in [3.63, 3.8) is 0 Å². The van der Waals surface area contributed by atoms with Gasteiger partial charge in [-0.1, -0.05) is 124 Å². The predicted molar refractivity (Wildman–Crippen MR) is 176 cm³/mol. The van der Waals surface area contributed by atoms with E-state index in [0.29, 0.717) is 20.0 Å². The van der Waals surface area contributed by atoms with Gasteiger partial charge in [-0.15, -0.1) is 0 Å². The molecule has 0 bridgehead atoms. The third-order valence-corrected chi connectivity index (χ3v) is 7.80. The highest BCUT2D eigenvalue weighted by molar-refractivity contribution is 4.85. The van der Waals surface area contributed by atoms with Gasteiger partial charge in [0.25, 0.3) is 0 Å². The summed E-state index contributed by atoms with van der Waals surface area (Å²) < 4.78 is 24.0. The van der Waals surface area contributed by atoms with Crippen LogP contribution in [0.4, 0.5) is 0 Å². The molecule has 7 nitrogen and oxygen atoms in total. The van der Waals surface area contributed by atoms with Crippen LogP contribution in [0.15, 0.2) is 0 Å². The minimum Gasteiger partial charge on any atom is -0.412 e. The van der Waals surface area contributed by atoms with Gasteiger partial charge in [-0.05, 0) is 52.7 Å². The van der Waals surface area contributed by atoms with E-state index in [1.807, 2.05) is 13.8 Å². The Morgan fingerprint density at radius 3 is 1.63 bits per heavy atom. The van der Waals surface area contributed by atoms with Crippen molar-refractivity contribution in [2.75, 3.05) is 53.9 Å². The van der Waals surface area contributed by atoms with Crippen LogP contribution in [-0.2, 0) is 18.9 Å². The lowest BCUT2D eigenvalue weighted by Crippen LogP contribution is -2.39. The van der Waals surface area contributed by atoms with Gasteiger partial charge in [0.1, 0.15) is 12.4 Å². The number of unbranched alkanes of at least 4 members (excludes halogenated alkanes) is 15. The van der Waals surface area contributed by atoms with E-state index in [1.54, 1.807) is 0 Å². The maximum atomic E-state index is 6.07. The Labute approximate surface area is 256 Å². The molecule has 0 aromatic rings. The van der Waals surface area contributed by atoms with Crippen LogP contribution in [0.5, 0.6) is 0 Å². The Kier molecular flexibility index (Phi) is 37.7. The molecule has 0 radical (unpaired) electrons. The van der Waals surface area contributed by atoms with E-state index in [9.17, 15) is 0 Å². The summed E-state index contributed by atoms with van der Waals surface area (Å²) in [5.74, 6) is 0. The van der Waals surface area contributed by atoms with E-state index >= 15 is 0 Å². The largest absolute Gasteiger partial charge is 0.412 e. The molecule has 1 saturated heterocycles. The Bertz CT molecular complexity index is 474. The molecule has 0 spiro atoms. The molecule has 0 aromatic carbocycles. The predicted octanol–water partition coefficient (Wildman–Crippen LogP) is 7.91. The van der Waals surface area contributed by atoms with Crippen molar-refractivity contribution in [1.82, 2.24) is 4.90 Å². The average molecular weight is 594 g/mol. The molecule has 0 saturated carbocycles. The number of rotatable bonds is 28. The lowest BCUT2D eigenvalue weighted by Gasteiger charge is -2.28. The van der Waals surface area contributed by atoms with Crippen molar-refractivity contribution < 1.29 is 29.9 Å². The highest BCUT2D eigenvalue weighted by atomic mass is 16.7. The van der Waals surface area contributed by atoms with Gasteiger partial charge in [0.05, 0.1) is 19.3 Å². The van der Waals surface area contributed by atoms with Gasteiger partial charge in [0.2, 0.25) is 0 Å². The molecule has 1 aliphatic rings. The molecule has 0 aromatic heterocycles. The molecule has 2 unspecified atom stereocenters. The summed E-state index contributed by atoms with van der Waals surface area (Å²) in [6, 6.07) is 0. The van der Waals surface area contributed by atoms with Gasteiger partial charge in [-0.2, -0.15) is 0 Å². The van der Waals surface area contributed by atoms with E-state index in [4.69, 9.17) is 18.9 Å². The molecule has 252 valence electrons. The molecular formula is C34H75NO6. The summed E-state index contributed by atoms with van der Waals surface area (Å²) in [7, 11) is 4.20. The zero-order chi connectivity index (χ0) is 28.9. The van der Waals surface area contributed by atoms with Gasteiger partial charge in [-0.25, -0.2) is 0 Å². The van der Waals surface area contributed by atoms with Crippen molar-refractivity contribution >= 4 is 0 Å². The second kappa shape index (κ2) is 34.2. The van der Waals surface area contributed by atoms with E-state index in [-0.39, 0.29) is 22.7 Å². The third kappa shape index (κ3) is 28.3. The van der Waals surface area contributed by atoms with Crippen LogP contribution >= 0.6 is 0 Å². The first kappa shape index (κ1) is 45.2. The zero-order valence-corrected chi connectivity index (χ0v) is 28.5. The fraction of sp³-hybridized carbons (Fsp3) is 1.00. The molecule has 41 heavy (non-hydrogen) atoms. The highest BCUT2D eigenvalue weighted by Crippen LogP contribution is 2.27. The fourth-order valence-corrected chi connectivity index (χ4v) is 5.21. The standard InChI is InChI=1S/C32H65NO4.C2H6.2H2O/c1-5-7-8-9-10-11-12-13-14-15-16-17-18-19-20-21-26-34-28-32(24-22-27-37-32)29-35-30-36-31(6-2)23-25-33(3)4;1-2;;/h31H,5-30H2,1-4H3;1-2H3;2*1H2. The molecule has 1 fully saturated rings. The Hall–Kier alpha value is -0.280. The zero-order valence-electron chi connectivity index (χ0n) is 28.5. The summed E-state index contributed by atoms with van der Waals surface area (Å²) in [6.45, 7) is 12.7. The van der Waals surface area contributed by atoms with Gasteiger partial charge in [0.15, 0.2) is 0 Å². The van der Waals surface area contributed by atoms with E-state index in [0.717, 1.165) is 51.9 Å². The van der Waals surface area contributed by atoms with Crippen LogP contribution in [0.2, 0.25) is 0 Å². The normalized spacial score (nSPS) is 17.0. The van der Waals surface area contributed by atoms with Crippen LogP contribution in [0.1, 0.15) is 156 Å². The Morgan fingerprint density at radius 1 is 0.707 bits per heavy atom. The van der Waals surface area contributed by atoms with Crippen LogP contribution in [-0.4, -0.2) is 81.4 Å². The van der Waals surface area contributed by atoms with E-state index in [2.05, 4.69) is 32.8 Å². The monoisotopic (exact) mass is 594 g/mol. The topological polar surface area (TPSA) is 103 Å². The van der Waals surface area contributed by atoms with E-state index < -0.39 is 0 Å². The summed E-state index contributed by atoms with van der Waals surface area (Å²) in [5, 5.41) is 0. The number of hydrogen-bond donors (Lipinski definition) is 0. The quantitative estimate of drug-likeness (QED) is 0.0677. The molecule has 2 atom stereocenters. The van der Waals surface area contributed by atoms with Crippen molar-refractivity contribution in [3.8, 4) is 0 Å². The lowest BCUT2D eigenvalue weighted by molar-refractivity contribution is -0.155. The second-order valence-corrected chi connectivity index (χ2v) is 11.7. The average Bonchev–Trinajstić information content (AvgIpc) is 3.41. The maximum absolute atomic E-state index is 6.07. The third-order valence-electron chi connectivity index (χ3n) is 7.80. The smallest absolute Gasteiger partial charge is 0.147 e. The van der Waals surface area contributed by atoms with Gasteiger partial charge >= 0.3 is 0 Å². The lowest BCUT2D eigenvalue weighted by atomic mass is 10.0. The molecule has 1 aliphatic heterocycles. The van der Waals surface area contributed by atoms with Crippen molar-refractivity contribution in [3.05, 3.63) is 0 Å². The van der Waals surface area contributed by atoms with Crippen LogP contribution in [0.25, 0.3) is 0 Å². The van der Waals surface area contributed by atoms with Crippen molar-refractivity contribution in [2.24, 2.45) is 0 Å². The minimum absolute atomic E-state index is 0. The number of hydrogen-bond acceptors (Lipinski definition) is 5. The first-order chi connectivity index (χ1) is 19.1. The highest BCUT2D eigenvalue weighted by Gasteiger charge is 2.36. The van der Waals surface area contributed by atoms with Gasteiger partial charge in [-0.3, -0.25) is 0 Å². The van der Waals surface area contributed by atoms with Crippen LogP contribution < -0.4 is 0 Å². The Morgan fingerprint density at radius 2 is 1.20 bits per heavy atom. The molecule has 1 heterocycles. The molecule has 7 heteroatoms. The summed E-state index contributed by atoms with van der Waals surface area (Å²) in [4.78, 5) is 2.20. The maximum Gasteiger partial charge on any atom is 0.147 e. The van der Waals surface area contributed by atoms with Gasteiger partial charge < -0.3 is 34.8 Å². The molecule has 0 aliphatic carbocycles. The fourth-order valence-electron chi connectivity index (χ4n) is 5.21. The molecule has 4 N–H and O–H groups in total. The minimum atomic E-state index is -0.274. The van der Waals surface area contributed by atoms with E-state index in [1.165, 1.54) is 96.3 Å². The van der Waals surface area contributed by atoms with Crippen molar-refractivity contribution in [2.45, 2.75) is 168 Å². The first-order valence-electron chi connectivity index (χ1n) is 17.2. The Balaban J connectivity index is -0.00000352. The van der Waals surface area contributed by atoms with Gasteiger partial charge in [0, 0.05) is 13.2 Å². The molecular weight excluding hydrogens is 518 g/mol. The molecule has 0 amide bonds.